The molecular weight excluding hydrogens is 214 g/mol. The van der Waals surface area contributed by atoms with Crippen LogP contribution in [0.2, 0.25) is 0 Å². The summed E-state index contributed by atoms with van der Waals surface area (Å²) in [6, 6.07) is 8.43. The van der Waals surface area contributed by atoms with Crippen molar-refractivity contribution in [1.29, 1.82) is 0 Å². The van der Waals surface area contributed by atoms with Crippen LogP contribution in [0.1, 0.15) is 44.2 Å². The Balaban J connectivity index is 2.21. The Morgan fingerprint density at radius 3 is 2.59 bits per heavy atom. The van der Waals surface area contributed by atoms with Gasteiger partial charge in [0, 0.05) is 12.0 Å². The number of hydrogen-bond donors (Lipinski definition) is 2. The van der Waals surface area contributed by atoms with E-state index in [1.165, 1.54) is 11.1 Å². The van der Waals surface area contributed by atoms with Gasteiger partial charge in [-0.2, -0.15) is 0 Å². The molecule has 0 aromatic heterocycles. The first kappa shape index (κ1) is 12.0. The maximum Gasteiger partial charge on any atom is 0.404 e. The summed E-state index contributed by atoms with van der Waals surface area (Å²) >= 11 is 0. The number of nitrogens with one attached hydrogen (secondary N) is 1. The molecule has 1 aliphatic rings. The lowest BCUT2D eigenvalue weighted by Crippen LogP contribution is -2.24. The minimum atomic E-state index is -0.925. The highest BCUT2D eigenvalue weighted by atomic mass is 16.4. The van der Waals surface area contributed by atoms with Gasteiger partial charge < -0.3 is 10.4 Å². The highest BCUT2D eigenvalue weighted by Crippen LogP contribution is 2.44. The van der Waals surface area contributed by atoms with Crippen molar-refractivity contribution in [2.24, 2.45) is 0 Å². The summed E-state index contributed by atoms with van der Waals surface area (Å²) in [5, 5.41) is 11.3. The maximum absolute atomic E-state index is 10.6. The lowest BCUT2D eigenvalue weighted by Gasteiger charge is -2.23. The SMILES string of the molecule is CC(C)(C)c1ccccc1C1CC1NC(=O)O. The fraction of sp³-hybridized carbons (Fsp3) is 0.500. The van der Waals surface area contributed by atoms with Crippen LogP contribution in [0.5, 0.6) is 0 Å². The van der Waals surface area contributed by atoms with Crippen LogP contribution in [0.15, 0.2) is 24.3 Å². The first-order valence-electron chi connectivity index (χ1n) is 5.98. The number of carboxylic acid groups (broad SMARTS) is 1. The minimum Gasteiger partial charge on any atom is -0.465 e. The molecule has 2 unspecified atom stereocenters. The topological polar surface area (TPSA) is 49.3 Å². The van der Waals surface area contributed by atoms with Crippen molar-refractivity contribution in [2.45, 2.75) is 44.6 Å². The van der Waals surface area contributed by atoms with Gasteiger partial charge in [-0.25, -0.2) is 4.79 Å². The smallest absolute Gasteiger partial charge is 0.404 e. The largest absolute Gasteiger partial charge is 0.465 e. The molecule has 3 nitrogen and oxygen atoms in total. The summed E-state index contributed by atoms with van der Waals surface area (Å²) in [6.45, 7) is 6.57. The van der Waals surface area contributed by atoms with E-state index in [2.05, 4.69) is 38.2 Å². The normalized spacial score (nSPS) is 23.2. The van der Waals surface area contributed by atoms with Gasteiger partial charge in [-0.1, -0.05) is 45.0 Å². The Kier molecular flexibility index (Phi) is 2.86. The van der Waals surface area contributed by atoms with E-state index in [-0.39, 0.29) is 11.5 Å². The van der Waals surface area contributed by atoms with Crippen molar-refractivity contribution >= 4 is 6.09 Å². The highest BCUT2D eigenvalue weighted by molar-refractivity contribution is 5.66. The second-order valence-corrected chi connectivity index (χ2v) is 5.74. The molecule has 0 radical (unpaired) electrons. The summed E-state index contributed by atoms with van der Waals surface area (Å²) in [7, 11) is 0. The fourth-order valence-corrected chi connectivity index (χ4v) is 2.36. The molecule has 0 spiro atoms. The molecule has 0 bridgehead atoms. The van der Waals surface area contributed by atoms with Crippen LogP contribution >= 0.6 is 0 Å². The van der Waals surface area contributed by atoms with Crippen molar-refractivity contribution in [1.82, 2.24) is 5.32 Å². The van der Waals surface area contributed by atoms with E-state index in [9.17, 15) is 4.79 Å². The summed E-state index contributed by atoms with van der Waals surface area (Å²) in [4.78, 5) is 10.6. The van der Waals surface area contributed by atoms with Gasteiger partial charge in [0.2, 0.25) is 0 Å². The maximum atomic E-state index is 10.6. The van der Waals surface area contributed by atoms with Crippen LogP contribution in [0.25, 0.3) is 0 Å². The first-order chi connectivity index (χ1) is 7.89. The highest BCUT2D eigenvalue weighted by Gasteiger charge is 2.41. The van der Waals surface area contributed by atoms with Gasteiger partial charge in [0.05, 0.1) is 0 Å². The second-order valence-electron chi connectivity index (χ2n) is 5.74. The molecule has 0 heterocycles. The van der Waals surface area contributed by atoms with Gasteiger partial charge in [-0.05, 0) is 23.0 Å². The summed E-state index contributed by atoms with van der Waals surface area (Å²) in [6.07, 6.45) is -0.00918. The van der Waals surface area contributed by atoms with Crippen LogP contribution in [0, 0.1) is 0 Å². The average molecular weight is 233 g/mol. The van der Waals surface area contributed by atoms with E-state index in [0.717, 1.165) is 6.42 Å². The number of amides is 1. The Hall–Kier alpha value is -1.51. The number of benzene rings is 1. The van der Waals surface area contributed by atoms with Crippen molar-refractivity contribution in [2.75, 3.05) is 0 Å². The molecule has 2 N–H and O–H groups in total. The van der Waals surface area contributed by atoms with Crippen LogP contribution in [0.3, 0.4) is 0 Å². The third kappa shape index (κ3) is 2.60. The van der Waals surface area contributed by atoms with E-state index in [4.69, 9.17) is 5.11 Å². The predicted octanol–water partition coefficient (Wildman–Crippen LogP) is 3.11. The standard InChI is InChI=1S/C14H19NO2/c1-14(2,3)11-7-5-4-6-9(11)10-8-12(10)15-13(16)17/h4-7,10,12,15H,8H2,1-3H3,(H,16,17). The average Bonchev–Trinajstić information content (AvgIpc) is 2.95. The fourth-order valence-electron chi connectivity index (χ4n) is 2.36. The van der Waals surface area contributed by atoms with E-state index in [1.807, 2.05) is 12.1 Å². The summed E-state index contributed by atoms with van der Waals surface area (Å²) in [5.74, 6) is 0.349. The van der Waals surface area contributed by atoms with Crippen LogP contribution < -0.4 is 5.32 Å². The zero-order valence-corrected chi connectivity index (χ0v) is 10.5. The third-order valence-corrected chi connectivity index (χ3v) is 3.27. The lowest BCUT2D eigenvalue weighted by atomic mass is 9.82. The monoisotopic (exact) mass is 233 g/mol. The van der Waals surface area contributed by atoms with Crippen LogP contribution in [-0.2, 0) is 5.41 Å². The van der Waals surface area contributed by atoms with E-state index >= 15 is 0 Å². The molecule has 0 saturated heterocycles. The van der Waals surface area contributed by atoms with Crippen molar-refractivity contribution < 1.29 is 9.90 Å². The quantitative estimate of drug-likeness (QED) is 0.824. The molecule has 1 saturated carbocycles. The molecule has 92 valence electrons. The van der Waals surface area contributed by atoms with Gasteiger partial charge in [-0.3, -0.25) is 0 Å². The molecule has 1 aromatic carbocycles. The predicted molar refractivity (Wildman–Crippen MR) is 67.4 cm³/mol. The molecule has 3 heteroatoms. The van der Waals surface area contributed by atoms with Crippen molar-refractivity contribution in [3.05, 3.63) is 35.4 Å². The van der Waals surface area contributed by atoms with E-state index < -0.39 is 6.09 Å². The molecule has 2 rings (SSSR count). The molecule has 17 heavy (non-hydrogen) atoms. The van der Waals surface area contributed by atoms with Gasteiger partial charge in [0.15, 0.2) is 0 Å². The van der Waals surface area contributed by atoms with E-state index in [0.29, 0.717) is 5.92 Å². The Morgan fingerprint density at radius 1 is 1.35 bits per heavy atom. The van der Waals surface area contributed by atoms with E-state index in [1.54, 1.807) is 0 Å². The number of rotatable bonds is 2. The van der Waals surface area contributed by atoms with Gasteiger partial charge in [0.25, 0.3) is 0 Å². The third-order valence-electron chi connectivity index (χ3n) is 3.27. The molecule has 1 fully saturated rings. The minimum absolute atomic E-state index is 0.0935. The van der Waals surface area contributed by atoms with Gasteiger partial charge in [0.1, 0.15) is 0 Å². The zero-order valence-electron chi connectivity index (χ0n) is 10.5. The van der Waals surface area contributed by atoms with Gasteiger partial charge >= 0.3 is 6.09 Å². The Bertz CT molecular complexity index is 434. The summed E-state index contributed by atoms with van der Waals surface area (Å²) < 4.78 is 0. The van der Waals surface area contributed by atoms with Gasteiger partial charge in [-0.15, -0.1) is 0 Å². The molecule has 1 aromatic rings. The molecule has 2 atom stereocenters. The Labute approximate surface area is 102 Å². The number of hydrogen-bond acceptors (Lipinski definition) is 1. The molecule has 1 aliphatic carbocycles. The van der Waals surface area contributed by atoms with Crippen LogP contribution in [0.4, 0.5) is 4.79 Å². The molecule has 0 aliphatic heterocycles. The zero-order chi connectivity index (χ0) is 12.6. The van der Waals surface area contributed by atoms with Crippen LogP contribution in [-0.4, -0.2) is 17.2 Å². The Morgan fingerprint density at radius 2 is 2.00 bits per heavy atom. The molecular formula is C14H19NO2. The molecule has 1 amide bonds. The first-order valence-corrected chi connectivity index (χ1v) is 5.98. The lowest BCUT2D eigenvalue weighted by molar-refractivity contribution is 0.193. The number of carbonyl (C=O) groups is 1. The summed E-state index contributed by atoms with van der Waals surface area (Å²) in [5.41, 5.74) is 2.71. The van der Waals surface area contributed by atoms with Crippen molar-refractivity contribution in [3.63, 3.8) is 0 Å². The van der Waals surface area contributed by atoms with Crippen molar-refractivity contribution in [3.8, 4) is 0 Å². The second kappa shape index (κ2) is 4.06.